The molecule has 2 aromatic carbocycles. The SMILES string of the molecule is C/C(=N\Nc1ccc(S(N)(=O)=O)cc1[N+](=O)[O-])c1cccc(Br)c1. The molecule has 126 valence electrons. The Morgan fingerprint density at radius 1 is 1.29 bits per heavy atom. The molecule has 3 N–H and O–H groups in total. The van der Waals surface area contributed by atoms with Crippen LogP contribution in [0.3, 0.4) is 0 Å². The van der Waals surface area contributed by atoms with E-state index in [0.29, 0.717) is 5.71 Å². The molecule has 0 radical (unpaired) electrons. The molecule has 2 aromatic rings. The van der Waals surface area contributed by atoms with Crippen LogP contribution in [-0.2, 0) is 10.0 Å². The lowest BCUT2D eigenvalue weighted by molar-refractivity contribution is -0.384. The minimum Gasteiger partial charge on any atom is -0.271 e. The highest BCUT2D eigenvalue weighted by molar-refractivity contribution is 9.10. The van der Waals surface area contributed by atoms with E-state index in [1.165, 1.54) is 12.1 Å². The topological polar surface area (TPSA) is 128 Å². The Balaban J connectivity index is 2.36. The first-order valence-electron chi connectivity index (χ1n) is 6.56. The summed E-state index contributed by atoms with van der Waals surface area (Å²) in [6.07, 6.45) is 0. The predicted octanol–water partition coefficient (Wildman–Crippen LogP) is 2.84. The smallest absolute Gasteiger partial charge is 0.271 e. The van der Waals surface area contributed by atoms with E-state index >= 15 is 0 Å². The first-order valence-corrected chi connectivity index (χ1v) is 8.90. The number of nitrogens with one attached hydrogen (secondary N) is 1. The fourth-order valence-electron chi connectivity index (χ4n) is 1.86. The average Bonchev–Trinajstić information content (AvgIpc) is 2.51. The lowest BCUT2D eigenvalue weighted by Gasteiger charge is -2.06. The molecule has 10 heteroatoms. The second kappa shape index (κ2) is 7.07. The third-order valence-corrected chi connectivity index (χ3v) is 4.49. The van der Waals surface area contributed by atoms with Crippen LogP contribution in [0.1, 0.15) is 12.5 Å². The zero-order chi connectivity index (χ0) is 17.9. The van der Waals surface area contributed by atoms with Crippen molar-refractivity contribution in [3.63, 3.8) is 0 Å². The summed E-state index contributed by atoms with van der Waals surface area (Å²) < 4.78 is 23.5. The van der Waals surface area contributed by atoms with Crippen LogP contribution in [0.25, 0.3) is 0 Å². The molecular weight excluding hydrogens is 400 g/mol. The van der Waals surface area contributed by atoms with E-state index in [1.807, 2.05) is 24.3 Å². The van der Waals surface area contributed by atoms with Gasteiger partial charge in [0, 0.05) is 10.5 Å². The third-order valence-electron chi connectivity index (χ3n) is 3.08. The van der Waals surface area contributed by atoms with Crippen molar-refractivity contribution < 1.29 is 13.3 Å². The van der Waals surface area contributed by atoms with E-state index in [9.17, 15) is 18.5 Å². The van der Waals surface area contributed by atoms with Gasteiger partial charge in [0.15, 0.2) is 0 Å². The Morgan fingerprint density at radius 2 is 2.00 bits per heavy atom. The number of hydrazone groups is 1. The summed E-state index contributed by atoms with van der Waals surface area (Å²) >= 11 is 3.35. The standard InChI is InChI=1S/C14H13BrN4O4S/c1-9(10-3-2-4-11(15)7-10)17-18-13-6-5-12(24(16,22)23)8-14(13)19(20)21/h2-8,18H,1H3,(H2,16,22,23)/b17-9+. The van der Waals surface area contributed by atoms with Crippen LogP contribution in [0.5, 0.6) is 0 Å². The van der Waals surface area contributed by atoms with Crippen LogP contribution in [0.15, 0.2) is 56.9 Å². The first-order chi connectivity index (χ1) is 11.2. The number of nitro groups is 1. The van der Waals surface area contributed by atoms with Gasteiger partial charge in [-0.15, -0.1) is 0 Å². The molecular formula is C14H13BrN4O4S. The third kappa shape index (κ3) is 4.37. The number of rotatable bonds is 5. The maximum Gasteiger partial charge on any atom is 0.295 e. The van der Waals surface area contributed by atoms with Gasteiger partial charge in [-0.3, -0.25) is 15.5 Å². The summed E-state index contributed by atoms with van der Waals surface area (Å²) in [6.45, 7) is 1.74. The van der Waals surface area contributed by atoms with Gasteiger partial charge in [-0.1, -0.05) is 28.1 Å². The Kier molecular flexibility index (Phi) is 5.32. The normalized spacial score (nSPS) is 12.0. The highest BCUT2D eigenvalue weighted by Crippen LogP contribution is 2.27. The Morgan fingerprint density at radius 3 is 2.58 bits per heavy atom. The number of sulfonamides is 1. The van der Waals surface area contributed by atoms with Gasteiger partial charge in [-0.05, 0) is 36.8 Å². The van der Waals surface area contributed by atoms with Crippen molar-refractivity contribution in [2.24, 2.45) is 10.2 Å². The molecule has 0 aliphatic carbocycles. The van der Waals surface area contributed by atoms with Crippen molar-refractivity contribution in [3.05, 3.63) is 62.6 Å². The summed E-state index contributed by atoms with van der Waals surface area (Å²) in [7, 11) is -4.03. The Hall–Kier alpha value is -2.30. The molecule has 24 heavy (non-hydrogen) atoms. The van der Waals surface area contributed by atoms with Gasteiger partial charge < -0.3 is 0 Å². The minimum atomic E-state index is -4.03. The van der Waals surface area contributed by atoms with Crippen molar-refractivity contribution >= 4 is 43.0 Å². The van der Waals surface area contributed by atoms with E-state index in [4.69, 9.17) is 5.14 Å². The van der Waals surface area contributed by atoms with E-state index in [-0.39, 0.29) is 10.6 Å². The largest absolute Gasteiger partial charge is 0.295 e. The van der Waals surface area contributed by atoms with Crippen molar-refractivity contribution in [1.82, 2.24) is 0 Å². The van der Waals surface area contributed by atoms with Gasteiger partial charge in [-0.2, -0.15) is 5.10 Å². The molecule has 2 rings (SSSR count). The first kappa shape index (κ1) is 18.0. The minimum absolute atomic E-state index is 0.0572. The number of benzene rings is 2. The van der Waals surface area contributed by atoms with Crippen LogP contribution in [0, 0.1) is 10.1 Å². The average molecular weight is 413 g/mol. The van der Waals surface area contributed by atoms with Gasteiger partial charge >= 0.3 is 0 Å². The molecule has 8 nitrogen and oxygen atoms in total. The molecule has 0 spiro atoms. The lowest BCUT2D eigenvalue weighted by atomic mass is 10.1. The monoisotopic (exact) mass is 412 g/mol. The molecule has 0 amide bonds. The zero-order valence-corrected chi connectivity index (χ0v) is 14.8. The van der Waals surface area contributed by atoms with Crippen LogP contribution in [0.2, 0.25) is 0 Å². The number of anilines is 1. The second-order valence-electron chi connectivity index (χ2n) is 4.80. The van der Waals surface area contributed by atoms with Gasteiger partial charge in [-0.25, -0.2) is 13.6 Å². The number of nitro benzene ring substituents is 1. The van der Waals surface area contributed by atoms with Gasteiger partial charge in [0.05, 0.1) is 15.5 Å². The maximum absolute atomic E-state index is 11.3. The van der Waals surface area contributed by atoms with Gasteiger partial charge in [0.2, 0.25) is 10.0 Å². The summed E-state index contributed by atoms with van der Waals surface area (Å²) in [5.74, 6) is 0. The number of primary sulfonamides is 1. The summed E-state index contributed by atoms with van der Waals surface area (Å²) in [5, 5.41) is 20.2. The molecule has 0 bridgehead atoms. The molecule has 0 saturated carbocycles. The highest BCUT2D eigenvalue weighted by atomic mass is 79.9. The van der Waals surface area contributed by atoms with Crippen LogP contribution < -0.4 is 10.6 Å². The molecule has 0 aromatic heterocycles. The summed E-state index contributed by atoms with van der Waals surface area (Å²) in [5.41, 5.74) is 3.62. The zero-order valence-electron chi connectivity index (χ0n) is 12.4. The number of hydrogen-bond acceptors (Lipinski definition) is 6. The molecule has 0 unspecified atom stereocenters. The number of hydrogen-bond donors (Lipinski definition) is 2. The molecule has 0 heterocycles. The maximum atomic E-state index is 11.3. The second-order valence-corrected chi connectivity index (χ2v) is 7.28. The van der Waals surface area contributed by atoms with Crippen LogP contribution in [0.4, 0.5) is 11.4 Å². The lowest BCUT2D eigenvalue weighted by Crippen LogP contribution is -2.12. The number of nitrogens with two attached hydrogens (primary N) is 1. The fourth-order valence-corrected chi connectivity index (χ4v) is 2.79. The van der Waals surface area contributed by atoms with E-state index in [0.717, 1.165) is 16.1 Å². The fraction of sp³-hybridized carbons (Fsp3) is 0.0714. The molecule has 0 saturated heterocycles. The van der Waals surface area contributed by atoms with Crippen molar-refractivity contribution in [1.29, 1.82) is 0 Å². The molecule has 0 atom stereocenters. The van der Waals surface area contributed by atoms with Crippen molar-refractivity contribution in [2.75, 3.05) is 5.43 Å². The van der Waals surface area contributed by atoms with Crippen molar-refractivity contribution in [2.45, 2.75) is 11.8 Å². The van der Waals surface area contributed by atoms with Gasteiger partial charge in [0.25, 0.3) is 5.69 Å². The van der Waals surface area contributed by atoms with E-state index < -0.39 is 20.6 Å². The highest BCUT2D eigenvalue weighted by Gasteiger charge is 2.19. The molecule has 0 aliphatic heterocycles. The Bertz CT molecular complexity index is 928. The van der Waals surface area contributed by atoms with Gasteiger partial charge in [0.1, 0.15) is 5.69 Å². The molecule has 0 aliphatic rings. The predicted molar refractivity (Wildman–Crippen MR) is 94.4 cm³/mol. The summed E-state index contributed by atoms with van der Waals surface area (Å²) in [6, 6.07) is 10.7. The molecule has 0 fully saturated rings. The summed E-state index contributed by atoms with van der Waals surface area (Å²) in [4.78, 5) is 10.1. The number of halogens is 1. The number of nitrogens with zero attached hydrogens (tertiary/aromatic N) is 2. The van der Waals surface area contributed by atoms with E-state index in [1.54, 1.807) is 6.92 Å². The quantitative estimate of drug-likeness (QED) is 0.443. The van der Waals surface area contributed by atoms with Crippen LogP contribution >= 0.6 is 15.9 Å². The Labute approximate surface area is 146 Å². The van der Waals surface area contributed by atoms with Crippen LogP contribution in [-0.4, -0.2) is 19.1 Å². The van der Waals surface area contributed by atoms with E-state index in [2.05, 4.69) is 26.5 Å². The van der Waals surface area contributed by atoms with Crippen molar-refractivity contribution in [3.8, 4) is 0 Å².